The zero-order chi connectivity index (χ0) is 14.4. The SMILES string of the molecule is CC(C)NC(=O)CC(CN)N1CCC(N(C)C)CC1. The van der Waals surface area contributed by atoms with Crippen molar-refractivity contribution in [3.8, 4) is 0 Å². The predicted octanol–water partition coefficient (Wildman–Crippen LogP) is 0.254. The van der Waals surface area contributed by atoms with Crippen LogP contribution < -0.4 is 11.1 Å². The zero-order valence-corrected chi connectivity index (χ0v) is 12.9. The van der Waals surface area contributed by atoms with Crippen LogP contribution in [0.3, 0.4) is 0 Å². The van der Waals surface area contributed by atoms with E-state index in [0.29, 0.717) is 19.0 Å². The summed E-state index contributed by atoms with van der Waals surface area (Å²) in [5, 5.41) is 2.94. The minimum absolute atomic E-state index is 0.111. The van der Waals surface area contributed by atoms with Crippen molar-refractivity contribution in [2.24, 2.45) is 5.73 Å². The van der Waals surface area contributed by atoms with Gasteiger partial charge in [-0.05, 0) is 53.9 Å². The Morgan fingerprint density at radius 3 is 2.37 bits per heavy atom. The number of rotatable bonds is 6. The molecule has 0 aromatic carbocycles. The van der Waals surface area contributed by atoms with Crippen LogP contribution in [-0.4, -0.2) is 67.6 Å². The Hall–Kier alpha value is -0.650. The Morgan fingerprint density at radius 1 is 1.37 bits per heavy atom. The number of piperidine rings is 1. The largest absolute Gasteiger partial charge is 0.354 e. The van der Waals surface area contributed by atoms with Gasteiger partial charge in [-0.15, -0.1) is 0 Å². The van der Waals surface area contributed by atoms with E-state index >= 15 is 0 Å². The summed E-state index contributed by atoms with van der Waals surface area (Å²) in [6.07, 6.45) is 2.84. The van der Waals surface area contributed by atoms with E-state index in [1.54, 1.807) is 0 Å². The monoisotopic (exact) mass is 270 g/mol. The molecular weight excluding hydrogens is 240 g/mol. The first-order valence-electron chi connectivity index (χ1n) is 7.34. The number of amides is 1. The maximum atomic E-state index is 11.8. The van der Waals surface area contributed by atoms with E-state index in [0.717, 1.165) is 25.9 Å². The summed E-state index contributed by atoms with van der Waals surface area (Å²) in [6.45, 7) is 6.60. The predicted molar refractivity (Wildman–Crippen MR) is 79.0 cm³/mol. The molecule has 19 heavy (non-hydrogen) atoms. The van der Waals surface area contributed by atoms with Gasteiger partial charge in [0.2, 0.25) is 5.91 Å². The standard InChI is InChI=1S/C14H30N4O/c1-11(2)16-14(19)9-13(10-15)18-7-5-12(6-8-18)17(3)4/h11-13H,5-10,15H2,1-4H3,(H,16,19). The molecular formula is C14H30N4O. The number of nitrogens with zero attached hydrogens (tertiary/aromatic N) is 2. The van der Waals surface area contributed by atoms with E-state index in [2.05, 4.69) is 29.2 Å². The summed E-state index contributed by atoms with van der Waals surface area (Å²) in [5.41, 5.74) is 5.85. The Kier molecular flexibility index (Phi) is 6.75. The second-order valence-electron chi connectivity index (χ2n) is 6.05. The molecule has 112 valence electrons. The molecule has 1 rings (SSSR count). The Morgan fingerprint density at radius 2 is 1.95 bits per heavy atom. The van der Waals surface area contributed by atoms with Crippen LogP contribution in [0, 0.1) is 0 Å². The van der Waals surface area contributed by atoms with Gasteiger partial charge in [0.25, 0.3) is 0 Å². The van der Waals surface area contributed by atoms with Crippen LogP contribution in [-0.2, 0) is 4.79 Å². The van der Waals surface area contributed by atoms with Gasteiger partial charge in [0.15, 0.2) is 0 Å². The second-order valence-corrected chi connectivity index (χ2v) is 6.05. The smallest absolute Gasteiger partial charge is 0.221 e. The molecule has 1 aliphatic rings. The number of carbonyl (C=O) groups excluding carboxylic acids is 1. The average molecular weight is 270 g/mol. The first kappa shape index (κ1) is 16.4. The van der Waals surface area contributed by atoms with Crippen molar-refractivity contribution in [2.75, 3.05) is 33.7 Å². The summed E-state index contributed by atoms with van der Waals surface area (Å²) in [7, 11) is 4.27. The van der Waals surface area contributed by atoms with Crippen molar-refractivity contribution in [3.63, 3.8) is 0 Å². The number of nitrogens with two attached hydrogens (primary N) is 1. The Bertz CT molecular complexity index is 273. The highest BCUT2D eigenvalue weighted by molar-refractivity contribution is 5.76. The van der Waals surface area contributed by atoms with Crippen LogP contribution in [0.5, 0.6) is 0 Å². The number of nitrogens with one attached hydrogen (secondary N) is 1. The fourth-order valence-electron chi connectivity index (χ4n) is 2.72. The number of likely N-dealkylation sites (tertiary alicyclic amines) is 1. The molecule has 5 heteroatoms. The third-order valence-electron chi connectivity index (χ3n) is 3.89. The second kappa shape index (κ2) is 7.82. The lowest BCUT2D eigenvalue weighted by Gasteiger charge is -2.39. The number of carbonyl (C=O) groups is 1. The normalized spacial score (nSPS) is 19.9. The third-order valence-corrected chi connectivity index (χ3v) is 3.89. The van der Waals surface area contributed by atoms with Crippen molar-refractivity contribution in [3.05, 3.63) is 0 Å². The lowest BCUT2D eigenvalue weighted by molar-refractivity contribution is -0.122. The average Bonchev–Trinajstić information content (AvgIpc) is 2.35. The zero-order valence-electron chi connectivity index (χ0n) is 12.9. The molecule has 1 amide bonds. The Balaban J connectivity index is 2.42. The van der Waals surface area contributed by atoms with Crippen LogP contribution in [0.2, 0.25) is 0 Å². The minimum atomic E-state index is 0.111. The van der Waals surface area contributed by atoms with Crippen molar-refractivity contribution in [2.45, 2.75) is 51.2 Å². The van der Waals surface area contributed by atoms with Gasteiger partial charge < -0.3 is 16.0 Å². The van der Waals surface area contributed by atoms with Gasteiger partial charge >= 0.3 is 0 Å². The number of hydrogen-bond acceptors (Lipinski definition) is 4. The molecule has 3 N–H and O–H groups in total. The molecule has 0 bridgehead atoms. The highest BCUT2D eigenvalue weighted by atomic mass is 16.1. The van der Waals surface area contributed by atoms with Crippen molar-refractivity contribution in [1.82, 2.24) is 15.1 Å². The summed E-state index contributed by atoms with van der Waals surface area (Å²) in [6, 6.07) is 1.05. The van der Waals surface area contributed by atoms with Crippen LogP contribution in [0.25, 0.3) is 0 Å². The fourth-order valence-corrected chi connectivity index (χ4v) is 2.72. The molecule has 0 aliphatic carbocycles. The quantitative estimate of drug-likeness (QED) is 0.726. The molecule has 0 radical (unpaired) electrons. The van der Waals surface area contributed by atoms with Gasteiger partial charge in [0, 0.05) is 31.1 Å². The van der Waals surface area contributed by atoms with Crippen LogP contribution in [0.15, 0.2) is 0 Å². The molecule has 5 nitrogen and oxygen atoms in total. The van der Waals surface area contributed by atoms with Gasteiger partial charge in [0.1, 0.15) is 0 Å². The minimum Gasteiger partial charge on any atom is -0.354 e. The van der Waals surface area contributed by atoms with E-state index in [4.69, 9.17) is 5.73 Å². The van der Waals surface area contributed by atoms with Gasteiger partial charge in [-0.2, -0.15) is 0 Å². The summed E-state index contributed by atoms with van der Waals surface area (Å²) >= 11 is 0. The van der Waals surface area contributed by atoms with Gasteiger partial charge in [-0.1, -0.05) is 0 Å². The summed E-state index contributed by atoms with van der Waals surface area (Å²) < 4.78 is 0. The third kappa shape index (κ3) is 5.47. The highest BCUT2D eigenvalue weighted by Gasteiger charge is 2.26. The van der Waals surface area contributed by atoms with Crippen molar-refractivity contribution >= 4 is 5.91 Å². The fraction of sp³-hybridized carbons (Fsp3) is 0.929. The van der Waals surface area contributed by atoms with E-state index < -0.39 is 0 Å². The highest BCUT2D eigenvalue weighted by Crippen LogP contribution is 2.17. The van der Waals surface area contributed by atoms with Crippen LogP contribution >= 0.6 is 0 Å². The molecule has 0 saturated carbocycles. The van der Waals surface area contributed by atoms with Gasteiger partial charge in [0.05, 0.1) is 0 Å². The van der Waals surface area contributed by atoms with Gasteiger partial charge in [-0.3, -0.25) is 9.69 Å². The van der Waals surface area contributed by atoms with Crippen LogP contribution in [0.1, 0.15) is 33.1 Å². The van der Waals surface area contributed by atoms with E-state index in [-0.39, 0.29) is 18.0 Å². The molecule has 1 saturated heterocycles. The molecule has 0 aromatic rings. The summed E-state index contributed by atoms with van der Waals surface area (Å²) in [4.78, 5) is 16.5. The first-order valence-corrected chi connectivity index (χ1v) is 7.34. The van der Waals surface area contributed by atoms with Crippen molar-refractivity contribution in [1.29, 1.82) is 0 Å². The molecule has 1 aliphatic heterocycles. The van der Waals surface area contributed by atoms with E-state index in [1.807, 2.05) is 13.8 Å². The van der Waals surface area contributed by atoms with Gasteiger partial charge in [-0.25, -0.2) is 0 Å². The van der Waals surface area contributed by atoms with E-state index in [9.17, 15) is 4.79 Å². The Labute approximate surface area is 117 Å². The topological polar surface area (TPSA) is 61.6 Å². The van der Waals surface area contributed by atoms with Crippen LogP contribution in [0.4, 0.5) is 0 Å². The summed E-state index contributed by atoms with van der Waals surface area (Å²) in [5.74, 6) is 0.111. The maximum absolute atomic E-state index is 11.8. The number of hydrogen-bond donors (Lipinski definition) is 2. The van der Waals surface area contributed by atoms with Crippen molar-refractivity contribution < 1.29 is 4.79 Å². The molecule has 1 heterocycles. The molecule has 1 unspecified atom stereocenters. The molecule has 0 aromatic heterocycles. The molecule has 1 atom stereocenters. The maximum Gasteiger partial charge on any atom is 0.221 e. The molecule has 1 fully saturated rings. The molecule has 0 spiro atoms. The van der Waals surface area contributed by atoms with E-state index in [1.165, 1.54) is 0 Å². The lowest BCUT2D eigenvalue weighted by Crippen LogP contribution is -2.50. The first-order chi connectivity index (χ1) is 8.93. The lowest BCUT2D eigenvalue weighted by atomic mass is 10.0.